The highest BCUT2D eigenvalue weighted by atomic mass is 79.9. The van der Waals surface area contributed by atoms with Gasteiger partial charge in [0.1, 0.15) is 0 Å². The normalized spacial score (nSPS) is 30.4. The smallest absolute Gasteiger partial charge is 0.224 e. The van der Waals surface area contributed by atoms with Crippen LogP contribution in [0.4, 0.5) is 5.69 Å². The molecule has 2 fully saturated rings. The average molecular weight is 394 g/mol. The van der Waals surface area contributed by atoms with Crippen LogP contribution in [0.5, 0.6) is 0 Å². The third-order valence-electron chi connectivity index (χ3n) is 5.61. The standard InChI is InChI=1S/C19H28BrN3O/c1-19(21)10-3-2-4-17(19)18(24)22-12-14-9-11-23(13-14)16-7-5-15(20)6-8-16/h5-8,14,17H,2-4,9-13,21H2,1H3,(H,22,24). The first-order valence-corrected chi connectivity index (χ1v) is 9.82. The summed E-state index contributed by atoms with van der Waals surface area (Å²) in [5.41, 5.74) is 7.26. The van der Waals surface area contributed by atoms with E-state index in [0.717, 1.165) is 56.2 Å². The first kappa shape index (κ1) is 17.7. The molecule has 24 heavy (non-hydrogen) atoms. The monoisotopic (exact) mass is 393 g/mol. The minimum absolute atomic E-state index is 0.0322. The van der Waals surface area contributed by atoms with E-state index in [9.17, 15) is 4.79 Å². The molecule has 5 heteroatoms. The molecule has 3 rings (SSSR count). The van der Waals surface area contributed by atoms with Crippen molar-refractivity contribution in [3.05, 3.63) is 28.7 Å². The third kappa shape index (κ3) is 4.12. The van der Waals surface area contributed by atoms with Gasteiger partial charge in [-0.2, -0.15) is 0 Å². The van der Waals surface area contributed by atoms with Gasteiger partial charge in [0.2, 0.25) is 5.91 Å². The Morgan fingerprint density at radius 1 is 1.33 bits per heavy atom. The molecule has 1 saturated heterocycles. The maximum atomic E-state index is 12.5. The Bertz CT molecular complexity index is 572. The van der Waals surface area contributed by atoms with Gasteiger partial charge in [0.05, 0.1) is 5.92 Å². The topological polar surface area (TPSA) is 58.4 Å². The molecule has 4 nitrogen and oxygen atoms in total. The van der Waals surface area contributed by atoms with Crippen LogP contribution in [0.25, 0.3) is 0 Å². The molecule has 3 unspecified atom stereocenters. The Morgan fingerprint density at radius 2 is 2.08 bits per heavy atom. The number of carbonyl (C=O) groups is 1. The number of halogens is 1. The average Bonchev–Trinajstić information content (AvgIpc) is 3.02. The molecule has 0 bridgehead atoms. The molecule has 1 heterocycles. The van der Waals surface area contributed by atoms with Crippen LogP contribution in [0.2, 0.25) is 0 Å². The van der Waals surface area contributed by atoms with Crippen LogP contribution in [-0.2, 0) is 4.79 Å². The summed E-state index contributed by atoms with van der Waals surface area (Å²) in [5, 5.41) is 3.18. The highest BCUT2D eigenvalue weighted by Gasteiger charge is 2.38. The van der Waals surface area contributed by atoms with Crippen molar-refractivity contribution in [3.63, 3.8) is 0 Å². The van der Waals surface area contributed by atoms with Gasteiger partial charge in [-0.1, -0.05) is 28.8 Å². The van der Waals surface area contributed by atoms with Crippen LogP contribution < -0.4 is 16.0 Å². The van der Waals surface area contributed by atoms with Gasteiger partial charge in [-0.25, -0.2) is 0 Å². The zero-order valence-corrected chi connectivity index (χ0v) is 16.0. The molecule has 2 aliphatic rings. The fraction of sp³-hybridized carbons (Fsp3) is 0.632. The molecule has 1 aliphatic carbocycles. The number of hydrogen-bond donors (Lipinski definition) is 2. The molecule has 3 atom stereocenters. The van der Waals surface area contributed by atoms with E-state index in [1.54, 1.807) is 0 Å². The van der Waals surface area contributed by atoms with Gasteiger partial charge in [-0.05, 0) is 56.4 Å². The Labute approximate surface area is 153 Å². The van der Waals surface area contributed by atoms with E-state index in [0.29, 0.717) is 5.92 Å². The number of nitrogens with two attached hydrogens (primary N) is 1. The van der Waals surface area contributed by atoms with E-state index in [-0.39, 0.29) is 17.4 Å². The van der Waals surface area contributed by atoms with Crippen LogP contribution in [0, 0.1) is 11.8 Å². The van der Waals surface area contributed by atoms with Crippen molar-refractivity contribution in [1.82, 2.24) is 5.32 Å². The van der Waals surface area contributed by atoms with Crippen molar-refractivity contribution in [1.29, 1.82) is 0 Å². The minimum atomic E-state index is -0.346. The highest BCUT2D eigenvalue weighted by Crippen LogP contribution is 2.32. The molecule has 1 amide bonds. The van der Waals surface area contributed by atoms with Crippen LogP contribution in [-0.4, -0.2) is 31.1 Å². The second-order valence-corrected chi connectivity index (χ2v) is 8.54. The number of anilines is 1. The lowest BCUT2D eigenvalue weighted by molar-refractivity contribution is -0.128. The van der Waals surface area contributed by atoms with E-state index >= 15 is 0 Å². The Hall–Kier alpha value is -1.07. The van der Waals surface area contributed by atoms with Crippen LogP contribution >= 0.6 is 15.9 Å². The van der Waals surface area contributed by atoms with Gasteiger partial charge in [0, 0.05) is 35.3 Å². The molecule has 0 aromatic heterocycles. The number of nitrogens with one attached hydrogen (secondary N) is 1. The Balaban J connectivity index is 1.49. The maximum absolute atomic E-state index is 12.5. The minimum Gasteiger partial charge on any atom is -0.371 e. The molecule has 3 N–H and O–H groups in total. The third-order valence-corrected chi connectivity index (χ3v) is 6.14. The van der Waals surface area contributed by atoms with Gasteiger partial charge in [0.15, 0.2) is 0 Å². The molecule has 0 spiro atoms. The van der Waals surface area contributed by atoms with E-state index in [4.69, 9.17) is 5.73 Å². The zero-order chi connectivity index (χ0) is 17.2. The summed E-state index contributed by atoms with van der Waals surface area (Å²) in [6.45, 7) is 4.85. The van der Waals surface area contributed by atoms with Crippen molar-refractivity contribution in [3.8, 4) is 0 Å². The largest absolute Gasteiger partial charge is 0.371 e. The fourth-order valence-electron chi connectivity index (χ4n) is 4.04. The van der Waals surface area contributed by atoms with Crippen molar-refractivity contribution in [2.45, 2.75) is 44.6 Å². The fourth-order valence-corrected chi connectivity index (χ4v) is 4.31. The number of nitrogens with zero attached hydrogens (tertiary/aromatic N) is 1. The second-order valence-electron chi connectivity index (χ2n) is 7.63. The second kappa shape index (κ2) is 7.44. The maximum Gasteiger partial charge on any atom is 0.224 e. The molecule has 1 aromatic rings. The lowest BCUT2D eigenvalue weighted by Crippen LogP contribution is -2.53. The molecular weight excluding hydrogens is 366 g/mol. The van der Waals surface area contributed by atoms with Crippen molar-refractivity contribution in [2.24, 2.45) is 17.6 Å². The van der Waals surface area contributed by atoms with Crippen molar-refractivity contribution >= 4 is 27.5 Å². The summed E-state index contributed by atoms with van der Waals surface area (Å²) >= 11 is 3.48. The summed E-state index contributed by atoms with van der Waals surface area (Å²) in [6, 6.07) is 8.45. The zero-order valence-electron chi connectivity index (χ0n) is 14.4. The number of benzene rings is 1. The predicted octanol–water partition coefficient (Wildman–Crippen LogP) is 3.30. The number of rotatable bonds is 4. The first-order chi connectivity index (χ1) is 11.5. The molecule has 1 aromatic carbocycles. The molecule has 0 radical (unpaired) electrons. The molecule has 1 aliphatic heterocycles. The van der Waals surface area contributed by atoms with Gasteiger partial charge >= 0.3 is 0 Å². The summed E-state index contributed by atoms with van der Waals surface area (Å²) in [4.78, 5) is 14.9. The summed E-state index contributed by atoms with van der Waals surface area (Å²) in [7, 11) is 0. The predicted molar refractivity (Wildman–Crippen MR) is 102 cm³/mol. The lowest BCUT2D eigenvalue weighted by atomic mass is 9.74. The first-order valence-electron chi connectivity index (χ1n) is 9.03. The SMILES string of the molecule is CC1(N)CCCCC1C(=O)NCC1CCN(c2ccc(Br)cc2)C1. The molecular formula is C19H28BrN3O. The number of hydrogen-bond acceptors (Lipinski definition) is 3. The summed E-state index contributed by atoms with van der Waals surface area (Å²) < 4.78 is 1.10. The summed E-state index contributed by atoms with van der Waals surface area (Å²) in [6.07, 6.45) is 5.26. The van der Waals surface area contributed by atoms with Crippen molar-refractivity contribution in [2.75, 3.05) is 24.5 Å². The van der Waals surface area contributed by atoms with Gasteiger partial charge < -0.3 is 16.0 Å². The van der Waals surface area contributed by atoms with Crippen LogP contribution in [0.15, 0.2) is 28.7 Å². The highest BCUT2D eigenvalue weighted by molar-refractivity contribution is 9.10. The Morgan fingerprint density at radius 3 is 2.79 bits per heavy atom. The van der Waals surface area contributed by atoms with Crippen LogP contribution in [0.1, 0.15) is 39.0 Å². The van der Waals surface area contributed by atoms with Gasteiger partial charge in [-0.15, -0.1) is 0 Å². The van der Waals surface area contributed by atoms with E-state index < -0.39 is 0 Å². The van der Waals surface area contributed by atoms with Gasteiger partial charge in [-0.3, -0.25) is 4.79 Å². The Kier molecular flexibility index (Phi) is 5.50. The number of amides is 1. The van der Waals surface area contributed by atoms with E-state index in [2.05, 4.69) is 50.4 Å². The van der Waals surface area contributed by atoms with Crippen LogP contribution in [0.3, 0.4) is 0 Å². The quantitative estimate of drug-likeness (QED) is 0.824. The van der Waals surface area contributed by atoms with Gasteiger partial charge in [0.25, 0.3) is 0 Å². The van der Waals surface area contributed by atoms with E-state index in [1.165, 1.54) is 5.69 Å². The van der Waals surface area contributed by atoms with E-state index in [1.807, 2.05) is 6.92 Å². The lowest BCUT2D eigenvalue weighted by Gasteiger charge is -2.37. The summed E-state index contributed by atoms with van der Waals surface area (Å²) in [5.74, 6) is 0.641. The van der Waals surface area contributed by atoms with Crippen molar-refractivity contribution < 1.29 is 4.79 Å². The molecule has 132 valence electrons. The number of carbonyl (C=O) groups excluding carboxylic acids is 1. The molecule has 1 saturated carbocycles.